The zero-order chi connectivity index (χ0) is 28.6. The summed E-state index contributed by atoms with van der Waals surface area (Å²) in [7, 11) is 0. The molecule has 6 nitrogen and oxygen atoms in total. The Hall–Kier alpha value is -2.63. The standard InChI is InChI=1S/C33H45NO5/c1-8-33-17-15-31(6)22-18-23(35)26(39-28(38)34-9-2)20(3)21(22)10-11-24(31)32(33,7)16-14-29(4)12-13-30(5,27(36)37)19-25(29)33/h10-11,18,25H,8-9,12-17,19H2,1-7H3,(H,34,38)(H,36,37)/t25-,29-,30-,31+,32-,33+/m1/s1. The predicted molar refractivity (Wildman–Crippen MR) is 151 cm³/mol. The third-order valence-corrected chi connectivity index (χ3v) is 12.2. The highest BCUT2D eigenvalue weighted by Gasteiger charge is 2.68. The summed E-state index contributed by atoms with van der Waals surface area (Å²) < 4.78 is 5.45. The molecule has 6 heteroatoms. The van der Waals surface area contributed by atoms with Gasteiger partial charge in [-0.05, 0) is 112 Å². The fourth-order valence-electron chi connectivity index (χ4n) is 9.61. The number of rotatable bonds is 4. The average Bonchev–Trinajstić information content (AvgIpc) is 2.88. The number of hydrogen-bond acceptors (Lipinski definition) is 4. The van der Waals surface area contributed by atoms with Crippen LogP contribution in [-0.4, -0.2) is 29.5 Å². The lowest BCUT2D eigenvalue weighted by Crippen LogP contribution is -2.63. The number of alkyl carbamates (subject to hydrolysis) is 1. The highest BCUT2D eigenvalue weighted by atomic mass is 16.6. The fraction of sp³-hybridized carbons (Fsp3) is 0.667. The number of ketones is 1. The molecule has 5 aliphatic carbocycles. The van der Waals surface area contributed by atoms with E-state index in [0.29, 0.717) is 18.0 Å². The van der Waals surface area contributed by atoms with E-state index in [9.17, 15) is 19.5 Å². The van der Waals surface area contributed by atoms with Gasteiger partial charge >= 0.3 is 12.1 Å². The van der Waals surface area contributed by atoms with Crippen molar-refractivity contribution in [3.8, 4) is 0 Å². The molecule has 0 aromatic heterocycles. The SMILES string of the molecule is CCNC(=O)OC1=C(C)C2=CC=C3[C@@](C)(CC[C@@]4(CC)[C@@H]5C[C@](C)(C(=O)O)CC[C@]5(C)CC[C@]34C)C2=CC1=O. The zero-order valence-corrected chi connectivity index (χ0v) is 24.8. The Kier molecular flexibility index (Phi) is 6.40. The van der Waals surface area contributed by atoms with Crippen molar-refractivity contribution in [3.05, 3.63) is 46.3 Å². The van der Waals surface area contributed by atoms with Crippen LogP contribution in [0, 0.1) is 33.0 Å². The largest absolute Gasteiger partial charge is 0.481 e. The normalized spacial score (nSPS) is 41.2. The molecule has 212 valence electrons. The van der Waals surface area contributed by atoms with Gasteiger partial charge in [-0.2, -0.15) is 0 Å². The number of amides is 1. The van der Waals surface area contributed by atoms with Crippen LogP contribution < -0.4 is 5.32 Å². The second-order valence-corrected chi connectivity index (χ2v) is 13.9. The van der Waals surface area contributed by atoms with Crippen LogP contribution in [0.15, 0.2) is 46.3 Å². The van der Waals surface area contributed by atoms with Crippen LogP contribution in [-0.2, 0) is 14.3 Å². The number of nitrogens with one attached hydrogen (secondary N) is 1. The minimum atomic E-state index is -0.680. The second-order valence-electron chi connectivity index (χ2n) is 13.9. The number of fused-ring (bicyclic) bond motifs is 7. The lowest BCUT2D eigenvalue weighted by molar-refractivity contribution is -0.184. The average molecular weight is 536 g/mol. The molecule has 0 spiro atoms. The Morgan fingerprint density at radius 3 is 2.36 bits per heavy atom. The first-order valence-electron chi connectivity index (χ1n) is 14.8. The van der Waals surface area contributed by atoms with Crippen LogP contribution in [0.1, 0.15) is 99.8 Å². The number of carboxylic acids is 1. The van der Waals surface area contributed by atoms with Crippen molar-refractivity contribution in [2.75, 3.05) is 6.54 Å². The van der Waals surface area contributed by atoms with Crippen molar-refractivity contribution >= 4 is 17.8 Å². The van der Waals surface area contributed by atoms with Crippen LogP contribution >= 0.6 is 0 Å². The summed E-state index contributed by atoms with van der Waals surface area (Å²) in [4.78, 5) is 37.9. The van der Waals surface area contributed by atoms with Gasteiger partial charge in [-0.3, -0.25) is 9.59 Å². The van der Waals surface area contributed by atoms with Gasteiger partial charge in [0, 0.05) is 17.5 Å². The molecule has 0 bridgehead atoms. The molecule has 2 N–H and O–H groups in total. The molecular formula is C33H45NO5. The molecule has 0 aromatic rings. The number of aliphatic carboxylic acids is 1. The smallest absolute Gasteiger partial charge is 0.412 e. The van der Waals surface area contributed by atoms with E-state index >= 15 is 0 Å². The number of carbonyl (C=O) groups excluding carboxylic acids is 2. The summed E-state index contributed by atoms with van der Waals surface area (Å²) in [6, 6.07) is 0. The number of carboxylic acid groups (broad SMARTS) is 1. The van der Waals surface area contributed by atoms with Crippen molar-refractivity contribution in [2.45, 2.75) is 99.8 Å². The van der Waals surface area contributed by atoms with E-state index in [1.807, 2.05) is 20.8 Å². The van der Waals surface area contributed by atoms with Gasteiger partial charge in [-0.1, -0.05) is 45.4 Å². The molecule has 5 aliphatic rings. The molecule has 0 radical (unpaired) electrons. The Labute approximate surface area is 233 Å². The minimum absolute atomic E-state index is 0.00441. The van der Waals surface area contributed by atoms with Crippen molar-refractivity contribution in [1.82, 2.24) is 5.32 Å². The maximum atomic E-state index is 13.3. The van der Waals surface area contributed by atoms with E-state index in [4.69, 9.17) is 4.74 Å². The summed E-state index contributed by atoms with van der Waals surface area (Å²) in [5.41, 5.74) is 3.17. The molecule has 1 amide bonds. The molecule has 39 heavy (non-hydrogen) atoms. The number of ether oxygens (including phenoxy) is 1. The fourth-order valence-corrected chi connectivity index (χ4v) is 9.61. The lowest BCUT2D eigenvalue weighted by Gasteiger charge is -2.70. The monoisotopic (exact) mass is 535 g/mol. The molecule has 3 saturated carbocycles. The number of hydrogen-bond donors (Lipinski definition) is 2. The van der Waals surface area contributed by atoms with Gasteiger partial charge in [-0.25, -0.2) is 4.79 Å². The molecule has 0 saturated heterocycles. The molecule has 3 fully saturated rings. The van der Waals surface area contributed by atoms with Crippen LogP contribution in [0.2, 0.25) is 0 Å². The van der Waals surface area contributed by atoms with Crippen molar-refractivity contribution < 1.29 is 24.2 Å². The van der Waals surface area contributed by atoms with Crippen LogP contribution in [0.5, 0.6) is 0 Å². The van der Waals surface area contributed by atoms with Gasteiger partial charge in [0.15, 0.2) is 5.76 Å². The quantitative estimate of drug-likeness (QED) is 0.395. The van der Waals surface area contributed by atoms with Crippen molar-refractivity contribution in [3.63, 3.8) is 0 Å². The van der Waals surface area contributed by atoms with Crippen LogP contribution in [0.4, 0.5) is 4.79 Å². The van der Waals surface area contributed by atoms with Gasteiger partial charge in [0.2, 0.25) is 5.78 Å². The van der Waals surface area contributed by atoms with Crippen LogP contribution in [0.25, 0.3) is 0 Å². The van der Waals surface area contributed by atoms with E-state index in [-0.39, 0.29) is 33.2 Å². The first-order chi connectivity index (χ1) is 18.2. The molecule has 6 atom stereocenters. The number of carbonyl (C=O) groups is 3. The van der Waals surface area contributed by atoms with Gasteiger partial charge in [0.25, 0.3) is 0 Å². The van der Waals surface area contributed by atoms with E-state index in [2.05, 4.69) is 45.2 Å². The van der Waals surface area contributed by atoms with Gasteiger partial charge in [0.05, 0.1) is 5.41 Å². The summed E-state index contributed by atoms with van der Waals surface area (Å²) in [5.74, 6) is -0.483. The van der Waals surface area contributed by atoms with Gasteiger partial charge in [-0.15, -0.1) is 0 Å². The van der Waals surface area contributed by atoms with Gasteiger partial charge < -0.3 is 15.2 Å². The van der Waals surface area contributed by atoms with E-state index < -0.39 is 17.5 Å². The topological polar surface area (TPSA) is 92.7 Å². The maximum Gasteiger partial charge on any atom is 0.412 e. The third kappa shape index (κ3) is 3.69. The predicted octanol–water partition coefficient (Wildman–Crippen LogP) is 7.28. The third-order valence-electron chi connectivity index (χ3n) is 12.2. The lowest BCUT2D eigenvalue weighted by atomic mass is 9.33. The second kappa shape index (κ2) is 8.94. The molecule has 0 aromatic carbocycles. The van der Waals surface area contributed by atoms with E-state index in [1.165, 1.54) is 5.57 Å². The minimum Gasteiger partial charge on any atom is -0.481 e. The molecular weight excluding hydrogens is 490 g/mol. The molecule has 0 heterocycles. The summed E-state index contributed by atoms with van der Waals surface area (Å²) >= 11 is 0. The first kappa shape index (κ1) is 27.9. The zero-order valence-electron chi connectivity index (χ0n) is 24.8. The Balaban J connectivity index is 1.61. The first-order valence-corrected chi connectivity index (χ1v) is 14.8. The van der Waals surface area contributed by atoms with Crippen LogP contribution in [0.3, 0.4) is 0 Å². The van der Waals surface area contributed by atoms with Gasteiger partial charge in [0.1, 0.15) is 0 Å². The highest BCUT2D eigenvalue weighted by Crippen LogP contribution is 2.76. The maximum absolute atomic E-state index is 13.3. The molecule has 5 rings (SSSR count). The summed E-state index contributed by atoms with van der Waals surface area (Å²) in [6.45, 7) is 15.5. The van der Waals surface area contributed by atoms with E-state index in [0.717, 1.165) is 62.5 Å². The molecule has 0 unspecified atom stereocenters. The van der Waals surface area contributed by atoms with Crippen molar-refractivity contribution in [1.29, 1.82) is 0 Å². The summed E-state index contributed by atoms with van der Waals surface area (Å²) in [6.07, 6.45) is 13.1. The summed E-state index contributed by atoms with van der Waals surface area (Å²) in [5, 5.41) is 12.8. The Morgan fingerprint density at radius 2 is 1.72 bits per heavy atom. The van der Waals surface area contributed by atoms with E-state index in [1.54, 1.807) is 6.08 Å². The Bertz CT molecular complexity index is 1270. The molecule has 0 aliphatic heterocycles. The highest BCUT2D eigenvalue weighted by molar-refractivity contribution is 6.08. The Morgan fingerprint density at radius 1 is 1.03 bits per heavy atom. The number of allylic oxidation sites excluding steroid dienone is 7. The van der Waals surface area contributed by atoms with Crippen molar-refractivity contribution in [2.24, 2.45) is 33.0 Å².